The summed E-state index contributed by atoms with van der Waals surface area (Å²) in [6, 6.07) is 3.66. The first-order valence-corrected chi connectivity index (χ1v) is 5.45. The predicted molar refractivity (Wildman–Crippen MR) is 66.7 cm³/mol. The first-order valence-electron chi connectivity index (χ1n) is 5.45. The Balaban J connectivity index is 2.78. The molecule has 0 aliphatic heterocycles. The Morgan fingerprint density at radius 3 is 3.06 bits per heavy atom. The number of aromatic nitrogens is 1. The van der Waals surface area contributed by atoms with Crippen molar-refractivity contribution < 1.29 is 9.53 Å². The maximum Gasteiger partial charge on any atom is 0.356 e. The van der Waals surface area contributed by atoms with Crippen molar-refractivity contribution >= 4 is 11.7 Å². The number of esters is 1. The van der Waals surface area contributed by atoms with Gasteiger partial charge in [-0.3, -0.25) is 0 Å². The summed E-state index contributed by atoms with van der Waals surface area (Å²) in [7, 11) is 1.33. The number of ether oxygens (including phenoxy) is 1. The standard InChI is InChI=1S/C13H16N2O2/c1-4-6-10(5-2)15-11-7-8-14-12(9-11)13(16)17-3/h1,7-10H,5-6H2,2-3H3,(H,14,15). The van der Waals surface area contributed by atoms with E-state index in [-0.39, 0.29) is 11.7 Å². The molecule has 90 valence electrons. The summed E-state index contributed by atoms with van der Waals surface area (Å²) in [5.41, 5.74) is 1.11. The Bertz CT molecular complexity index is 424. The molecule has 4 nitrogen and oxygen atoms in total. The number of anilines is 1. The molecular formula is C13H16N2O2. The Hall–Kier alpha value is -2.02. The quantitative estimate of drug-likeness (QED) is 0.624. The highest BCUT2D eigenvalue weighted by molar-refractivity contribution is 5.88. The molecule has 1 heterocycles. The summed E-state index contributed by atoms with van der Waals surface area (Å²) in [5, 5.41) is 3.26. The SMILES string of the molecule is C#CCC(CC)Nc1ccnc(C(=O)OC)c1. The molecule has 0 aliphatic rings. The van der Waals surface area contributed by atoms with Crippen molar-refractivity contribution in [2.45, 2.75) is 25.8 Å². The Morgan fingerprint density at radius 2 is 2.47 bits per heavy atom. The van der Waals surface area contributed by atoms with Crippen LogP contribution in [0.15, 0.2) is 18.3 Å². The normalized spacial score (nSPS) is 11.4. The van der Waals surface area contributed by atoms with E-state index in [0.717, 1.165) is 12.1 Å². The number of methoxy groups -OCH3 is 1. The highest BCUT2D eigenvalue weighted by atomic mass is 16.5. The van der Waals surface area contributed by atoms with Gasteiger partial charge in [-0.15, -0.1) is 12.3 Å². The molecule has 4 heteroatoms. The number of nitrogens with zero attached hydrogens (tertiary/aromatic N) is 1. The highest BCUT2D eigenvalue weighted by Gasteiger charge is 2.09. The van der Waals surface area contributed by atoms with E-state index in [9.17, 15) is 4.79 Å². The minimum Gasteiger partial charge on any atom is -0.464 e. The third-order valence-electron chi connectivity index (χ3n) is 2.38. The van der Waals surface area contributed by atoms with Gasteiger partial charge in [-0.25, -0.2) is 9.78 Å². The van der Waals surface area contributed by atoms with E-state index in [2.05, 4.69) is 27.9 Å². The van der Waals surface area contributed by atoms with Gasteiger partial charge in [0.15, 0.2) is 0 Å². The zero-order chi connectivity index (χ0) is 12.7. The first-order chi connectivity index (χ1) is 8.21. The summed E-state index contributed by atoms with van der Waals surface area (Å²) in [5.74, 6) is 2.17. The molecule has 1 unspecified atom stereocenters. The maximum absolute atomic E-state index is 11.3. The summed E-state index contributed by atoms with van der Waals surface area (Å²) >= 11 is 0. The lowest BCUT2D eigenvalue weighted by molar-refractivity contribution is 0.0594. The van der Waals surface area contributed by atoms with Crippen LogP contribution in [0.2, 0.25) is 0 Å². The second-order valence-corrected chi connectivity index (χ2v) is 3.58. The lowest BCUT2D eigenvalue weighted by atomic mass is 10.1. The van der Waals surface area contributed by atoms with Crippen LogP contribution in [-0.4, -0.2) is 24.1 Å². The summed E-state index contributed by atoms with van der Waals surface area (Å²) in [6.07, 6.45) is 8.41. The predicted octanol–water partition coefficient (Wildman–Crippen LogP) is 2.08. The third kappa shape index (κ3) is 3.80. The van der Waals surface area contributed by atoms with Crippen LogP contribution in [0.5, 0.6) is 0 Å². The van der Waals surface area contributed by atoms with E-state index < -0.39 is 5.97 Å². The first kappa shape index (κ1) is 13.0. The summed E-state index contributed by atoms with van der Waals surface area (Å²) in [4.78, 5) is 15.2. The Kier molecular flexibility index (Phi) is 5.02. The average Bonchev–Trinajstić information content (AvgIpc) is 2.37. The fraction of sp³-hybridized carbons (Fsp3) is 0.385. The Morgan fingerprint density at radius 1 is 1.71 bits per heavy atom. The number of carbonyl (C=O) groups is 1. The van der Waals surface area contributed by atoms with E-state index in [1.54, 1.807) is 18.3 Å². The van der Waals surface area contributed by atoms with Crippen molar-refractivity contribution in [3.8, 4) is 12.3 Å². The van der Waals surface area contributed by atoms with Crippen molar-refractivity contribution in [1.29, 1.82) is 0 Å². The zero-order valence-electron chi connectivity index (χ0n) is 10.1. The molecular weight excluding hydrogens is 216 g/mol. The Labute approximate surface area is 101 Å². The van der Waals surface area contributed by atoms with Crippen LogP contribution < -0.4 is 5.32 Å². The topological polar surface area (TPSA) is 51.2 Å². The van der Waals surface area contributed by atoms with Crippen LogP contribution in [0, 0.1) is 12.3 Å². The molecule has 17 heavy (non-hydrogen) atoms. The number of rotatable bonds is 5. The van der Waals surface area contributed by atoms with E-state index in [4.69, 9.17) is 6.42 Å². The van der Waals surface area contributed by atoms with Crippen molar-refractivity contribution in [1.82, 2.24) is 4.98 Å². The number of terminal acetylenes is 1. The summed E-state index contributed by atoms with van der Waals surface area (Å²) < 4.78 is 4.61. The molecule has 1 atom stereocenters. The number of carbonyl (C=O) groups excluding carboxylic acids is 1. The largest absolute Gasteiger partial charge is 0.464 e. The van der Waals surface area contributed by atoms with E-state index >= 15 is 0 Å². The van der Waals surface area contributed by atoms with Gasteiger partial charge >= 0.3 is 5.97 Å². The maximum atomic E-state index is 11.3. The molecule has 0 saturated heterocycles. The molecule has 1 aromatic heterocycles. The molecule has 0 aromatic carbocycles. The molecule has 1 rings (SSSR count). The molecule has 0 amide bonds. The number of hydrogen-bond donors (Lipinski definition) is 1. The van der Waals surface area contributed by atoms with Crippen LogP contribution in [-0.2, 0) is 4.74 Å². The van der Waals surface area contributed by atoms with E-state index in [0.29, 0.717) is 6.42 Å². The van der Waals surface area contributed by atoms with Crippen LogP contribution >= 0.6 is 0 Å². The smallest absolute Gasteiger partial charge is 0.356 e. The lowest BCUT2D eigenvalue weighted by Gasteiger charge is -2.15. The van der Waals surface area contributed by atoms with Crippen LogP contribution in [0.3, 0.4) is 0 Å². The van der Waals surface area contributed by atoms with Gasteiger partial charge in [-0.2, -0.15) is 0 Å². The van der Waals surface area contributed by atoms with Gasteiger partial charge in [-0.05, 0) is 18.6 Å². The third-order valence-corrected chi connectivity index (χ3v) is 2.38. The van der Waals surface area contributed by atoms with Crippen molar-refractivity contribution in [2.24, 2.45) is 0 Å². The molecule has 1 N–H and O–H groups in total. The minimum atomic E-state index is -0.446. The van der Waals surface area contributed by atoms with Gasteiger partial charge in [0.25, 0.3) is 0 Å². The molecule has 0 aliphatic carbocycles. The van der Waals surface area contributed by atoms with Crippen molar-refractivity contribution in [2.75, 3.05) is 12.4 Å². The van der Waals surface area contributed by atoms with E-state index in [1.165, 1.54) is 7.11 Å². The van der Waals surface area contributed by atoms with Gasteiger partial charge in [0.05, 0.1) is 7.11 Å². The molecule has 0 spiro atoms. The molecule has 1 aromatic rings. The zero-order valence-corrected chi connectivity index (χ0v) is 10.1. The van der Waals surface area contributed by atoms with Crippen LogP contribution in [0.1, 0.15) is 30.3 Å². The van der Waals surface area contributed by atoms with Crippen LogP contribution in [0.4, 0.5) is 5.69 Å². The monoisotopic (exact) mass is 232 g/mol. The number of nitrogens with one attached hydrogen (secondary N) is 1. The summed E-state index contributed by atoms with van der Waals surface area (Å²) in [6.45, 7) is 2.05. The lowest BCUT2D eigenvalue weighted by Crippen LogP contribution is -2.18. The van der Waals surface area contributed by atoms with Gasteiger partial charge in [0.1, 0.15) is 5.69 Å². The van der Waals surface area contributed by atoms with Crippen molar-refractivity contribution in [3.05, 3.63) is 24.0 Å². The molecule has 0 fully saturated rings. The van der Waals surface area contributed by atoms with Gasteiger partial charge in [0, 0.05) is 24.3 Å². The fourth-order valence-electron chi connectivity index (χ4n) is 1.41. The minimum absolute atomic E-state index is 0.202. The molecule has 0 radical (unpaired) electrons. The number of hydrogen-bond acceptors (Lipinski definition) is 4. The second-order valence-electron chi connectivity index (χ2n) is 3.58. The molecule has 0 saturated carbocycles. The van der Waals surface area contributed by atoms with Gasteiger partial charge in [0.2, 0.25) is 0 Å². The number of pyridine rings is 1. The fourth-order valence-corrected chi connectivity index (χ4v) is 1.41. The van der Waals surface area contributed by atoms with Gasteiger partial charge < -0.3 is 10.1 Å². The van der Waals surface area contributed by atoms with Crippen molar-refractivity contribution in [3.63, 3.8) is 0 Å². The average molecular weight is 232 g/mol. The second kappa shape index (κ2) is 6.54. The molecule has 0 bridgehead atoms. The van der Waals surface area contributed by atoms with E-state index in [1.807, 2.05) is 0 Å². The van der Waals surface area contributed by atoms with Gasteiger partial charge in [-0.1, -0.05) is 6.92 Å². The van der Waals surface area contributed by atoms with Crippen LogP contribution in [0.25, 0.3) is 0 Å². The highest BCUT2D eigenvalue weighted by Crippen LogP contribution is 2.12.